The summed E-state index contributed by atoms with van der Waals surface area (Å²) in [5, 5.41) is 13.6. The Labute approximate surface area is 106 Å². The summed E-state index contributed by atoms with van der Waals surface area (Å²) in [7, 11) is 1.21. The highest BCUT2D eigenvalue weighted by Gasteiger charge is 2.26. The van der Waals surface area contributed by atoms with Crippen molar-refractivity contribution in [3.05, 3.63) is 0 Å². The van der Waals surface area contributed by atoms with Gasteiger partial charge in [0.1, 0.15) is 12.1 Å². The number of carboxylic acid groups (broad SMARTS) is 1. The maximum absolute atomic E-state index is 11.5. The average Bonchev–Trinajstić information content (AvgIpc) is 2.33. The molecule has 0 saturated heterocycles. The van der Waals surface area contributed by atoms with Crippen LogP contribution in [-0.4, -0.2) is 42.3 Å². The predicted molar refractivity (Wildman–Crippen MR) is 64.0 cm³/mol. The van der Waals surface area contributed by atoms with Crippen LogP contribution in [-0.2, 0) is 14.3 Å². The van der Waals surface area contributed by atoms with Crippen LogP contribution in [0.2, 0.25) is 0 Å². The number of ether oxygens (including phenoxy) is 1. The molecule has 0 radical (unpaired) electrons. The number of carbonyl (C=O) groups excluding carboxylic acids is 2. The quantitative estimate of drug-likeness (QED) is 0.597. The second-order valence-electron chi connectivity index (χ2n) is 4.06. The molecule has 0 spiro atoms. The van der Waals surface area contributed by atoms with Gasteiger partial charge in [-0.2, -0.15) is 0 Å². The summed E-state index contributed by atoms with van der Waals surface area (Å²) in [5.74, 6) is -1.91. The first-order chi connectivity index (χ1) is 8.33. The van der Waals surface area contributed by atoms with Gasteiger partial charge in [-0.1, -0.05) is 20.3 Å². The topological polar surface area (TPSA) is 105 Å². The van der Waals surface area contributed by atoms with E-state index in [9.17, 15) is 14.4 Å². The molecule has 0 aliphatic heterocycles. The number of hydrogen-bond donors (Lipinski definition) is 3. The van der Waals surface area contributed by atoms with Crippen LogP contribution in [0.4, 0.5) is 4.79 Å². The molecule has 0 bridgehead atoms. The van der Waals surface area contributed by atoms with Crippen molar-refractivity contribution in [3.8, 4) is 0 Å². The maximum atomic E-state index is 11.5. The van der Waals surface area contributed by atoms with Gasteiger partial charge in [-0.25, -0.2) is 14.4 Å². The van der Waals surface area contributed by atoms with Gasteiger partial charge < -0.3 is 20.5 Å². The molecule has 0 aliphatic carbocycles. The lowest BCUT2D eigenvalue weighted by atomic mass is 9.99. The first-order valence-corrected chi connectivity index (χ1v) is 5.71. The van der Waals surface area contributed by atoms with E-state index in [1.807, 2.05) is 6.92 Å². The fourth-order valence-corrected chi connectivity index (χ4v) is 1.30. The number of nitrogens with one attached hydrogen (secondary N) is 2. The molecule has 7 nitrogen and oxygen atoms in total. The molecule has 0 aliphatic rings. The van der Waals surface area contributed by atoms with Gasteiger partial charge in [-0.05, 0) is 12.8 Å². The van der Waals surface area contributed by atoms with Crippen LogP contribution in [0.15, 0.2) is 0 Å². The van der Waals surface area contributed by atoms with Gasteiger partial charge in [0.2, 0.25) is 0 Å². The molecule has 104 valence electrons. The van der Waals surface area contributed by atoms with Crippen molar-refractivity contribution in [1.82, 2.24) is 10.6 Å². The monoisotopic (exact) mass is 260 g/mol. The fourth-order valence-electron chi connectivity index (χ4n) is 1.30. The summed E-state index contributed by atoms with van der Waals surface area (Å²) in [4.78, 5) is 33.6. The molecular weight excluding hydrogens is 240 g/mol. The third kappa shape index (κ3) is 5.03. The third-order valence-electron chi connectivity index (χ3n) is 2.67. The Balaban J connectivity index is 4.44. The number of carbonyl (C=O) groups is 3. The Kier molecular flexibility index (Phi) is 6.77. The molecule has 0 aromatic rings. The van der Waals surface area contributed by atoms with Gasteiger partial charge in [0.15, 0.2) is 0 Å². The maximum Gasteiger partial charge on any atom is 0.328 e. The lowest BCUT2D eigenvalue weighted by Gasteiger charge is -2.21. The summed E-state index contributed by atoms with van der Waals surface area (Å²) in [5.41, 5.74) is 0. The minimum atomic E-state index is -1.11. The molecule has 2 amide bonds. The number of urea groups is 1. The Morgan fingerprint density at radius 2 is 1.78 bits per heavy atom. The van der Waals surface area contributed by atoms with E-state index in [4.69, 9.17) is 5.11 Å². The fraction of sp³-hybridized carbons (Fsp3) is 0.727. The lowest BCUT2D eigenvalue weighted by molar-refractivity contribution is -0.142. The summed E-state index contributed by atoms with van der Waals surface area (Å²) in [6.45, 7) is 5.00. The Morgan fingerprint density at radius 1 is 1.22 bits per heavy atom. The summed E-state index contributed by atoms with van der Waals surface area (Å²) in [6, 6.07) is -2.53. The van der Waals surface area contributed by atoms with E-state index < -0.39 is 30.1 Å². The molecule has 3 N–H and O–H groups in total. The van der Waals surface area contributed by atoms with Crippen molar-refractivity contribution in [2.45, 2.75) is 39.3 Å². The van der Waals surface area contributed by atoms with Crippen molar-refractivity contribution >= 4 is 18.0 Å². The Bertz CT molecular complexity index is 319. The van der Waals surface area contributed by atoms with Gasteiger partial charge >= 0.3 is 18.0 Å². The normalized spacial score (nSPS) is 15.1. The van der Waals surface area contributed by atoms with E-state index in [1.54, 1.807) is 6.92 Å². The molecule has 18 heavy (non-hydrogen) atoms. The van der Waals surface area contributed by atoms with Crippen LogP contribution in [0.5, 0.6) is 0 Å². The van der Waals surface area contributed by atoms with Crippen molar-refractivity contribution in [2.24, 2.45) is 5.92 Å². The summed E-state index contributed by atoms with van der Waals surface area (Å²) in [6.07, 6.45) is 0.615. The van der Waals surface area contributed by atoms with Crippen molar-refractivity contribution in [2.75, 3.05) is 7.11 Å². The number of amides is 2. The molecule has 3 atom stereocenters. The number of aliphatic carboxylic acids is 1. The van der Waals surface area contributed by atoms with Gasteiger partial charge in [-0.3, -0.25) is 0 Å². The molecule has 7 heteroatoms. The largest absolute Gasteiger partial charge is 0.480 e. The van der Waals surface area contributed by atoms with E-state index >= 15 is 0 Å². The minimum Gasteiger partial charge on any atom is -0.480 e. The van der Waals surface area contributed by atoms with Crippen molar-refractivity contribution in [1.29, 1.82) is 0 Å². The molecule has 0 aromatic heterocycles. The number of hydrogen-bond acceptors (Lipinski definition) is 4. The Hall–Kier alpha value is -1.79. The molecule has 0 saturated carbocycles. The predicted octanol–water partition coefficient (Wildman–Crippen LogP) is 0.346. The SMILES string of the molecule is CCC(C)[C@H](NC(=O)NC(C)C(=O)OC)C(=O)O. The van der Waals surface area contributed by atoms with Crippen molar-refractivity contribution < 1.29 is 24.2 Å². The second kappa shape index (κ2) is 7.52. The van der Waals surface area contributed by atoms with Crippen LogP contribution in [0, 0.1) is 5.92 Å². The molecule has 2 unspecified atom stereocenters. The lowest BCUT2D eigenvalue weighted by Crippen LogP contribution is -2.52. The number of carboxylic acids is 1. The van der Waals surface area contributed by atoms with E-state index in [-0.39, 0.29) is 5.92 Å². The molecule has 0 fully saturated rings. The number of rotatable bonds is 6. The number of methoxy groups -OCH3 is 1. The second-order valence-corrected chi connectivity index (χ2v) is 4.06. The standard InChI is InChI=1S/C11H20N2O5/c1-5-6(2)8(9(14)15)13-11(17)12-7(3)10(16)18-4/h6-8H,5H2,1-4H3,(H,14,15)(H2,12,13,17)/t6?,7?,8-/m0/s1. The number of esters is 1. The average molecular weight is 260 g/mol. The van der Waals surface area contributed by atoms with Gasteiger partial charge in [0.25, 0.3) is 0 Å². The van der Waals surface area contributed by atoms with E-state index in [0.717, 1.165) is 0 Å². The molecular formula is C11H20N2O5. The highest BCUT2D eigenvalue weighted by molar-refractivity contribution is 5.86. The zero-order chi connectivity index (χ0) is 14.3. The zero-order valence-electron chi connectivity index (χ0n) is 11.0. The van der Waals surface area contributed by atoms with E-state index in [0.29, 0.717) is 6.42 Å². The minimum absolute atomic E-state index is 0.207. The van der Waals surface area contributed by atoms with Gasteiger partial charge in [0, 0.05) is 0 Å². The van der Waals surface area contributed by atoms with Crippen LogP contribution >= 0.6 is 0 Å². The summed E-state index contributed by atoms with van der Waals surface area (Å²) < 4.78 is 4.44. The first-order valence-electron chi connectivity index (χ1n) is 5.71. The highest BCUT2D eigenvalue weighted by Crippen LogP contribution is 2.07. The van der Waals surface area contributed by atoms with E-state index in [2.05, 4.69) is 15.4 Å². The molecule has 0 aromatic carbocycles. The van der Waals surface area contributed by atoms with Gasteiger partial charge in [-0.15, -0.1) is 0 Å². The van der Waals surface area contributed by atoms with E-state index in [1.165, 1.54) is 14.0 Å². The van der Waals surface area contributed by atoms with Crippen LogP contribution in [0.25, 0.3) is 0 Å². The molecule has 0 rings (SSSR count). The first kappa shape index (κ1) is 16.2. The zero-order valence-corrected chi connectivity index (χ0v) is 11.0. The highest BCUT2D eigenvalue weighted by atomic mass is 16.5. The van der Waals surface area contributed by atoms with Gasteiger partial charge in [0.05, 0.1) is 7.11 Å². The third-order valence-corrected chi connectivity index (χ3v) is 2.67. The van der Waals surface area contributed by atoms with Crippen LogP contribution in [0.3, 0.4) is 0 Å². The summed E-state index contributed by atoms with van der Waals surface area (Å²) >= 11 is 0. The Morgan fingerprint density at radius 3 is 2.17 bits per heavy atom. The van der Waals surface area contributed by atoms with Crippen LogP contribution < -0.4 is 10.6 Å². The smallest absolute Gasteiger partial charge is 0.328 e. The molecule has 0 heterocycles. The van der Waals surface area contributed by atoms with Crippen molar-refractivity contribution in [3.63, 3.8) is 0 Å². The van der Waals surface area contributed by atoms with Crippen LogP contribution in [0.1, 0.15) is 27.2 Å².